The van der Waals surface area contributed by atoms with Crippen LogP contribution < -0.4 is 10.6 Å². The third-order valence-electron chi connectivity index (χ3n) is 5.28. The molecular weight excluding hydrogens is 414 g/mol. The van der Waals surface area contributed by atoms with Gasteiger partial charge in [0.15, 0.2) is 0 Å². The Morgan fingerprint density at radius 3 is 2.28 bits per heavy atom. The number of hydrogen-bond acceptors (Lipinski definition) is 6. The van der Waals surface area contributed by atoms with Crippen molar-refractivity contribution in [3.8, 4) is 11.1 Å². The minimum absolute atomic E-state index is 0.0462. The molecule has 2 aromatic carbocycles. The van der Waals surface area contributed by atoms with E-state index in [1.165, 1.54) is 11.0 Å². The van der Waals surface area contributed by atoms with E-state index in [2.05, 4.69) is 20.7 Å². The van der Waals surface area contributed by atoms with Gasteiger partial charge < -0.3 is 15.2 Å². The molecule has 164 valence electrons. The Morgan fingerprint density at radius 2 is 1.72 bits per heavy atom. The van der Waals surface area contributed by atoms with Crippen LogP contribution in [0.1, 0.15) is 23.5 Å². The fourth-order valence-electron chi connectivity index (χ4n) is 3.77. The number of carboxylic acids is 1. The molecule has 3 N–H and O–H groups in total. The second-order valence-electron chi connectivity index (χ2n) is 7.32. The third-order valence-corrected chi connectivity index (χ3v) is 5.28. The number of alkyl carbamates (subject to hydrolysis) is 1. The number of fused-ring (bicyclic) bond motifs is 3. The fraction of sp³-hybridized carbons (Fsp3) is 0.227. The van der Waals surface area contributed by atoms with Gasteiger partial charge in [-0.15, -0.1) is 0 Å². The van der Waals surface area contributed by atoms with Gasteiger partial charge in [0.05, 0.1) is 6.42 Å². The van der Waals surface area contributed by atoms with Crippen molar-refractivity contribution in [1.29, 1.82) is 0 Å². The van der Waals surface area contributed by atoms with E-state index in [0.29, 0.717) is 0 Å². The van der Waals surface area contributed by atoms with Crippen LogP contribution in [0.5, 0.6) is 0 Å². The summed E-state index contributed by atoms with van der Waals surface area (Å²) in [5.74, 6) is -2.02. The fourth-order valence-corrected chi connectivity index (χ4v) is 3.77. The molecule has 1 heterocycles. The Labute approximate surface area is 183 Å². The number of hydrogen-bond donors (Lipinski definition) is 3. The summed E-state index contributed by atoms with van der Waals surface area (Å²) >= 11 is 0. The second-order valence-corrected chi connectivity index (χ2v) is 7.32. The van der Waals surface area contributed by atoms with Crippen molar-refractivity contribution in [2.45, 2.75) is 18.4 Å². The summed E-state index contributed by atoms with van der Waals surface area (Å²) in [5, 5.41) is 17.7. The summed E-state index contributed by atoms with van der Waals surface area (Å²) in [6, 6.07) is 14.4. The topological polar surface area (TPSA) is 135 Å². The lowest BCUT2D eigenvalue weighted by atomic mass is 9.98. The van der Waals surface area contributed by atoms with Crippen LogP contribution >= 0.6 is 0 Å². The van der Waals surface area contributed by atoms with Crippen LogP contribution in [-0.4, -0.2) is 50.5 Å². The predicted octanol–water partition coefficient (Wildman–Crippen LogP) is 2.14. The summed E-state index contributed by atoms with van der Waals surface area (Å²) in [6.45, 7) is 0.0462. The summed E-state index contributed by atoms with van der Waals surface area (Å²) in [7, 11) is 1.56. The SMILES string of the molecule is Cn1ncnc1NC(=O)C(CC(=O)O)NC(=O)OCC1c2ccccc2-c2ccccc21. The number of rotatable bonds is 7. The van der Waals surface area contributed by atoms with Gasteiger partial charge in [-0.05, 0) is 22.3 Å². The van der Waals surface area contributed by atoms with Crippen molar-refractivity contribution in [3.63, 3.8) is 0 Å². The molecular formula is C22H21N5O5. The van der Waals surface area contributed by atoms with E-state index < -0.39 is 30.4 Å². The summed E-state index contributed by atoms with van der Waals surface area (Å²) in [6.07, 6.45) is -0.263. The van der Waals surface area contributed by atoms with Gasteiger partial charge in [-0.3, -0.25) is 14.9 Å². The predicted molar refractivity (Wildman–Crippen MR) is 114 cm³/mol. The minimum Gasteiger partial charge on any atom is -0.481 e. The van der Waals surface area contributed by atoms with Crippen molar-refractivity contribution in [1.82, 2.24) is 20.1 Å². The Bertz CT molecular complexity index is 1130. The highest BCUT2D eigenvalue weighted by atomic mass is 16.5. The van der Waals surface area contributed by atoms with Crippen molar-refractivity contribution in [3.05, 3.63) is 66.0 Å². The molecule has 3 aromatic rings. The maximum absolute atomic E-state index is 12.5. The first kappa shape index (κ1) is 21.0. The number of ether oxygens (including phenoxy) is 1. The number of amides is 2. The molecule has 4 rings (SSSR count). The van der Waals surface area contributed by atoms with Crippen molar-refractivity contribution < 1.29 is 24.2 Å². The van der Waals surface area contributed by atoms with Gasteiger partial charge >= 0.3 is 12.1 Å². The highest BCUT2D eigenvalue weighted by Gasteiger charge is 2.30. The highest BCUT2D eigenvalue weighted by molar-refractivity contribution is 5.97. The monoisotopic (exact) mass is 435 g/mol. The Balaban J connectivity index is 1.43. The van der Waals surface area contributed by atoms with E-state index in [1.54, 1.807) is 7.05 Å². The average molecular weight is 435 g/mol. The number of nitrogens with zero attached hydrogens (tertiary/aromatic N) is 3. The number of carbonyl (C=O) groups excluding carboxylic acids is 2. The first-order chi connectivity index (χ1) is 15.4. The van der Waals surface area contributed by atoms with Crippen LogP contribution in [-0.2, 0) is 21.4 Å². The molecule has 10 heteroatoms. The first-order valence-electron chi connectivity index (χ1n) is 9.92. The van der Waals surface area contributed by atoms with Crippen molar-refractivity contribution in [2.24, 2.45) is 7.05 Å². The van der Waals surface area contributed by atoms with Crippen LogP contribution in [0, 0.1) is 0 Å². The number of aryl methyl sites for hydroxylation is 1. The molecule has 2 amide bonds. The normalized spacial score (nSPS) is 13.0. The number of aliphatic carboxylic acids is 1. The van der Waals surface area contributed by atoms with E-state index in [4.69, 9.17) is 9.84 Å². The highest BCUT2D eigenvalue weighted by Crippen LogP contribution is 2.44. The van der Waals surface area contributed by atoms with E-state index in [9.17, 15) is 14.4 Å². The van der Waals surface area contributed by atoms with Gasteiger partial charge in [0.1, 0.15) is 19.0 Å². The van der Waals surface area contributed by atoms with E-state index in [1.807, 2.05) is 48.5 Å². The van der Waals surface area contributed by atoms with Gasteiger partial charge in [-0.2, -0.15) is 10.1 Å². The zero-order chi connectivity index (χ0) is 22.7. The van der Waals surface area contributed by atoms with E-state index >= 15 is 0 Å². The average Bonchev–Trinajstić information content (AvgIpc) is 3.32. The summed E-state index contributed by atoms with van der Waals surface area (Å²) < 4.78 is 6.71. The van der Waals surface area contributed by atoms with Crippen LogP contribution in [0.4, 0.5) is 10.7 Å². The Hall–Kier alpha value is -4.21. The number of carbonyl (C=O) groups is 3. The van der Waals surface area contributed by atoms with Crippen LogP contribution in [0.2, 0.25) is 0 Å². The van der Waals surface area contributed by atoms with Gasteiger partial charge in [0.2, 0.25) is 11.9 Å². The molecule has 10 nitrogen and oxygen atoms in total. The van der Waals surface area contributed by atoms with E-state index in [-0.39, 0.29) is 18.5 Å². The first-order valence-corrected chi connectivity index (χ1v) is 9.92. The number of nitrogens with one attached hydrogen (secondary N) is 2. The molecule has 0 aliphatic heterocycles. The summed E-state index contributed by atoms with van der Waals surface area (Å²) in [5.41, 5.74) is 4.26. The second kappa shape index (κ2) is 8.88. The van der Waals surface area contributed by atoms with Crippen LogP contribution in [0.15, 0.2) is 54.9 Å². The molecule has 0 fully saturated rings. The molecule has 0 saturated carbocycles. The quantitative estimate of drug-likeness (QED) is 0.517. The lowest BCUT2D eigenvalue weighted by Gasteiger charge is -2.18. The molecule has 1 aliphatic carbocycles. The molecule has 32 heavy (non-hydrogen) atoms. The smallest absolute Gasteiger partial charge is 0.407 e. The third kappa shape index (κ3) is 4.29. The molecule has 0 bridgehead atoms. The van der Waals surface area contributed by atoms with Crippen LogP contribution in [0.3, 0.4) is 0 Å². The number of carboxylic acid groups (broad SMARTS) is 1. The zero-order valence-corrected chi connectivity index (χ0v) is 17.2. The van der Waals surface area contributed by atoms with Gasteiger partial charge in [0, 0.05) is 13.0 Å². The number of benzene rings is 2. The maximum Gasteiger partial charge on any atom is 0.407 e. The Kier molecular flexibility index (Phi) is 5.84. The molecule has 1 atom stereocenters. The van der Waals surface area contributed by atoms with Crippen LogP contribution in [0.25, 0.3) is 11.1 Å². The largest absolute Gasteiger partial charge is 0.481 e. The van der Waals surface area contributed by atoms with Crippen molar-refractivity contribution >= 4 is 23.9 Å². The maximum atomic E-state index is 12.5. The Morgan fingerprint density at radius 1 is 1.09 bits per heavy atom. The van der Waals surface area contributed by atoms with E-state index in [0.717, 1.165) is 22.3 Å². The lowest BCUT2D eigenvalue weighted by Crippen LogP contribution is -2.45. The summed E-state index contributed by atoms with van der Waals surface area (Å²) in [4.78, 5) is 40.0. The molecule has 0 spiro atoms. The van der Waals surface area contributed by atoms with Gasteiger partial charge in [-0.1, -0.05) is 48.5 Å². The molecule has 1 aliphatic rings. The molecule has 1 aromatic heterocycles. The number of anilines is 1. The molecule has 1 unspecified atom stereocenters. The molecule has 0 radical (unpaired) electrons. The molecule has 0 saturated heterocycles. The van der Waals surface area contributed by atoms with Gasteiger partial charge in [0.25, 0.3) is 0 Å². The number of aromatic nitrogens is 3. The lowest BCUT2D eigenvalue weighted by molar-refractivity contribution is -0.139. The van der Waals surface area contributed by atoms with Gasteiger partial charge in [-0.25, -0.2) is 9.48 Å². The van der Waals surface area contributed by atoms with Crippen molar-refractivity contribution in [2.75, 3.05) is 11.9 Å². The standard InChI is InChI=1S/C22H21N5O5/c1-27-21(23-12-24-27)26-20(30)18(10-19(28)29)25-22(31)32-11-17-15-8-4-2-6-13(15)14-7-3-5-9-16(14)17/h2-9,12,17-18H,10-11H2,1H3,(H,25,31)(H,28,29)(H,23,24,26,30). The minimum atomic E-state index is -1.35. The zero-order valence-electron chi connectivity index (χ0n) is 17.2.